The summed E-state index contributed by atoms with van der Waals surface area (Å²) < 4.78 is 11.9. The zero-order valence-corrected chi connectivity index (χ0v) is 21.5. The third kappa shape index (κ3) is 5.99. The fourth-order valence-electron chi connectivity index (χ4n) is 4.95. The van der Waals surface area contributed by atoms with Gasteiger partial charge in [-0.2, -0.15) is 0 Å². The van der Waals surface area contributed by atoms with Crippen molar-refractivity contribution in [3.05, 3.63) is 59.7 Å². The molecule has 0 radical (unpaired) electrons. The first-order valence-corrected chi connectivity index (χ1v) is 12.7. The van der Waals surface area contributed by atoms with E-state index in [2.05, 4.69) is 64.1 Å². The van der Waals surface area contributed by atoms with Crippen molar-refractivity contribution in [2.45, 2.75) is 104 Å². The zero-order valence-electron chi connectivity index (χ0n) is 21.5. The molecule has 0 heterocycles. The van der Waals surface area contributed by atoms with E-state index in [-0.39, 0.29) is 17.0 Å². The summed E-state index contributed by atoms with van der Waals surface area (Å²) >= 11 is 0. The van der Waals surface area contributed by atoms with E-state index in [1.807, 2.05) is 26.0 Å². The predicted octanol–water partition coefficient (Wildman–Crippen LogP) is 8.24. The van der Waals surface area contributed by atoms with E-state index in [0.29, 0.717) is 5.75 Å². The molecule has 3 heteroatoms. The van der Waals surface area contributed by atoms with E-state index < -0.39 is 5.41 Å². The molecule has 1 aliphatic rings. The van der Waals surface area contributed by atoms with E-state index >= 15 is 0 Å². The van der Waals surface area contributed by atoms with Crippen LogP contribution >= 0.6 is 0 Å². The highest BCUT2D eigenvalue weighted by Crippen LogP contribution is 2.45. The van der Waals surface area contributed by atoms with Crippen molar-refractivity contribution in [1.82, 2.24) is 0 Å². The summed E-state index contributed by atoms with van der Waals surface area (Å²) in [4.78, 5) is 12.6. The lowest BCUT2D eigenvalue weighted by atomic mass is 9.65. The van der Waals surface area contributed by atoms with Crippen LogP contribution in [-0.4, -0.2) is 11.6 Å². The van der Waals surface area contributed by atoms with Crippen molar-refractivity contribution >= 4 is 5.97 Å². The summed E-state index contributed by atoms with van der Waals surface area (Å²) in [5.41, 5.74) is 2.02. The van der Waals surface area contributed by atoms with Crippen molar-refractivity contribution in [3.63, 3.8) is 0 Å². The Kier molecular flexibility index (Phi) is 7.92. The summed E-state index contributed by atoms with van der Waals surface area (Å²) in [5, 5.41) is 0. The molecule has 0 amide bonds. The van der Waals surface area contributed by atoms with Gasteiger partial charge in [0.1, 0.15) is 17.1 Å². The Morgan fingerprint density at radius 3 is 1.82 bits per heavy atom. The molecule has 33 heavy (non-hydrogen) atoms. The molecule has 0 bridgehead atoms. The molecule has 0 atom stereocenters. The van der Waals surface area contributed by atoms with Crippen LogP contribution in [0.4, 0.5) is 0 Å². The first kappa shape index (κ1) is 25.3. The Morgan fingerprint density at radius 2 is 1.33 bits per heavy atom. The predicted molar refractivity (Wildman–Crippen MR) is 136 cm³/mol. The second-order valence-corrected chi connectivity index (χ2v) is 10.9. The first-order valence-electron chi connectivity index (χ1n) is 12.7. The molecule has 0 unspecified atom stereocenters. The Balaban J connectivity index is 1.83. The normalized spacial score (nSPS) is 16.3. The molecule has 180 valence electrons. The van der Waals surface area contributed by atoms with Crippen LogP contribution in [0, 0.1) is 5.41 Å². The number of ether oxygens (including phenoxy) is 2. The van der Waals surface area contributed by atoms with Gasteiger partial charge in [0.2, 0.25) is 0 Å². The maximum Gasteiger partial charge on any atom is 0.316 e. The molecule has 2 aromatic rings. The van der Waals surface area contributed by atoms with Gasteiger partial charge in [0, 0.05) is 5.41 Å². The van der Waals surface area contributed by atoms with Crippen molar-refractivity contribution in [3.8, 4) is 11.5 Å². The van der Waals surface area contributed by atoms with Crippen LogP contribution in [0.2, 0.25) is 0 Å². The average molecular weight is 451 g/mol. The number of hydrogen-bond acceptors (Lipinski definition) is 3. The lowest BCUT2D eigenvalue weighted by Crippen LogP contribution is -2.31. The first-order chi connectivity index (χ1) is 15.6. The summed E-state index contributed by atoms with van der Waals surface area (Å²) in [6.45, 7) is 12.4. The van der Waals surface area contributed by atoms with E-state index in [1.54, 1.807) is 0 Å². The van der Waals surface area contributed by atoms with E-state index in [0.717, 1.165) is 37.9 Å². The van der Waals surface area contributed by atoms with Gasteiger partial charge >= 0.3 is 5.97 Å². The van der Waals surface area contributed by atoms with Crippen molar-refractivity contribution < 1.29 is 14.3 Å². The Hall–Kier alpha value is -2.29. The third-order valence-electron chi connectivity index (χ3n) is 7.40. The van der Waals surface area contributed by atoms with Crippen molar-refractivity contribution in [2.24, 2.45) is 5.41 Å². The number of rotatable bonds is 9. The molecule has 1 aliphatic carbocycles. The molecule has 1 fully saturated rings. The summed E-state index contributed by atoms with van der Waals surface area (Å²) in [7, 11) is 0. The summed E-state index contributed by atoms with van der Waals surface area (Å²) in [5.74, 6) is 1.40. The van der Waals surface area contributed by atoms with Crippen LogP contribution in [0.1, 0.15) is 104 Å². The highest BCUT2D eigenvalue weighted by Gasteiger charge is 2.36. The molecule has 3 rings (SSSR count). The Bertz CT molecular complexity index is 901. The minimum Gasteiger partial charge on any atom is -0.488 e. The van der Waals surface area contributed by atoms with Crippen molar-refractivity contribution in [1.29, 1.82) is 0 Å². The van der Waals surface area contributed by atoms with Gasteiger partial charge in [0.25, 0.3) is 0 Å². The highest BCUT2D eigenvalue weighted by molar-refractivity contribution is 5.78. The van der Waals surface area contributed by atoms with E-state index in [9.17, 15) is 4.79 Å². The van der Waals surface area contributed by atoms with Crippen LogP contribution in [0.3, 0.4) is 0 Å². The van der Waals surface area contributed by atoms with E-state index in [4.69, 9.17) is 9.47 Å². The van der Waals surface area contributed by atoms with Crippen LogP contribution in [0.5, 0.6) is 11.5 Å². The maximum absolute atomic E-state index is 12.6. The second-order valence-electron chi connectivity index (χ2n) is 10.9. The van der Waals surface area contributed by atoms with Gasteiger partial charge in [-0.3, -0.25) is 4.79 Å². The van der Waals surface area contributed by atoms with Gasteiger partial charge in [-0.25, -0.2) is 0 Å². The lowest BCUT2D eigenvalue weighted by Gasteiger charge is -2.39. The van der Waals surface area contributed by atoms with Gasteiger partial charge in [-0.15, -0.1) is 0 Å². The number of benzene rings is 2. The topological polar surface area (TPSA) is 35.5 Å². The highest BCUT2D eigenvalue weighted by atomic mass is 16.5. The number of carbonyl (C=O) groups excluding carboxylic acids is 1. The van der Waals surface area contributed by atoms with Gasteiger partial charge < -0.3 is 9.47 Å². The largest absolute Gasteiger partial charge is 0.488 e. The molecule has 3 nitrogen and oxygen atoms in total. The van der Waals surface area contributed by atoms with Crippen LogP contribution in [0.15, 0.2) is 48.5 Å². The summed E-state index contributed by atoms with van der Waals surface area (Å²) in [6.07, 6.45) is 8.76. The Labute approximate surface area is 200 Å². The SMILES string of the molecule is CCCC(C)(C)C(=O)Oc1ccc(C2(c3ccc(OC(C)(C)CC)cc3)CCCCC2)cc1. The number of esters is 1. The maximum atomic E-state index is 12.6. The molecule has 0 spiro atoms. The number of carbonyl (C=O) groups is 1. The van der Waals surface area contributed by atoms with Gasteiger partial charge in [-0.05, 0) is 88.8 Å². The molecule has 0 saturated heterocycles. The fourth-order valence-corrected chi connectivity index (χ4v) is 4.95. The van der Waals surface area contributed by atoms with Crippen LogP contribution < -0.4 is 9.47 Å². The summed E-state index contributed by atoms with van der Waals surface area (Å²) in [6, 6.07) is 17.0. The zero-order chi connectivity index (χ0) is 24.1. The van der Waals surface area contributed by atoms with Crippen LogP contribution in [0.25, 0.3) is 0 Å². The molecule has 0 aromatic heterocycles. The van der Waals surface area contributed by atoms with E-state index in [1.165, 1.54) is 30.4 Å². The van der Waals surface area contributed by atoms with Crippen molar-refractivity contribution in [2.75, 3.05) is 0 Å². The second kappa shape index (κ2) is 10.3. The standard InChI is InChI=1S/C30H42O3/c1-7-20-28(3,4)27(31)32-25-16-12-23(13-17-25)30(21-10-9-11-22-30)24-14-18-26(19-15-24)33-29(5,6)8-2/h12-19H,7-11,20-22H2,1-6H3. The smallest absolute Gasteiger partial charge is 0.316 e. The molecular weight excluding hydrogens is 408 g/mol. The third-order valence-corrected chi connectivity index (χ3v) is 7.40. The quantitative estimate of drug-likeness (QED) is 0.285. The monoisotopic (exact) mass is 450 g/mol. The Morgan fingerprint density at radius 1 is 0.818 bits per heavy atom. The minimum atomic E-state index is -0.464. The minimum absolute atomic E-state index is 0.00107. The van der Waals surface area contributed by atoms with Gasteiger partial charge in [0.05, 0.1) is 5.41 Å². The fraction of sp³-hybridized carbons (Fsp3) is 0.567. The molecular formula is C30H42O3. The molecule has 1 saturated carbocycles. The number of hydrogen-bond donors (Lipinski definition) is 0. The van der Waals surface area contributed by atoms with Gasteiger partial charge in [0.15, 0.2) is 0 Å². The lowest BCUT2D eigenvalue weighted by molar-refractivity contribution is -0.144. The molecule has 2 aromatic carbocycles. The van der Waals surface area contributed by atoms with Crippen LogP contribution in [-0.2, 0) is 10.2 Å². The average Bonchev–Trinajstić information content (AvgIpc) is 2.80. The molecule has 0 aliphatic heterocycles. The van der Waals surface area contributed by atoms with Gasteiger partial charge in [-0.1, -0.05) is 63.8 Å². The molecule has 0 N–H and O–H groups in total.